The molecule has 0 heteroatoms. The average molecular weight is 1880 g/mol. The van der Waals surface area contributed by atoms with Gasteiger partial charge in [0.1, 0.15) is 0 Å². The Morgan fingerprint density at radius 3 is 0.669 bits per heavy atom. The average Bonchev–Trinajstić information content (AvgIpc) is 0.818. The second-order valence-corrected chi connectivity index (χ2v) is 34.0. The van der Waals surface area contributed by atoms with Crippen molar-refractivity contribution in [3.05, 3.63) is 325 Å². The van der Waals surface area contributed by atoms with Crippen LogP contribution in [-0.2, 0) is 18.3 Å². The Bertz CT molecular complexity index is 3340. The van der Waals surface area contributed by atoms with E-state index in [9.17, 15) is 0 Å². The van der Waals surface area contributed by atoms with Crippen molar-refractivity contribution in [2.24, 2.45) is 34.0 Å². The number of rotatable bonds is 7. The van der Waals surface area contributed by atoms with Gasteiger partial charge in [-0.05, 0) is 136 Å². The van der Waals surface area contributed by atoms with E-state index in [1.54, 1.807) is 32.1 Å². The van der Waals surface area contributed by atoms with Crippen LogP contribution in [-0.4, -0.2) is 0 Å². The minimum absolute atomic E-state index is 0.293. The SMILES string of the molecule is C1CCC(CC2CCCCC2)CC1.CC.CC.CC.CC.CC.CC.CC.CC.CC.CC.CC.CC.CC.CC.CC.CC(C)(C)C.CC(C)(C)c1ccccc1.CC1CCCCC1.CCC.CCC1(C)CCCC(C)(C)C1.CCc1ccccc1.Cc1ccccc1.Cc1ccccc1.c1ccc(-c2ccccc2)cc1.c1ccc(Cc2ccccc2)cc1.c1ccc2ccccc2c1. The number of fused-ring (bicyclic) bond motifs is 1. The molecule has 10 aromatic carbocycles. The minimum atomic E-state index is 0.293. The van der Waals surface area contributed by atoms with Crippen LogP contribution in [0.5, 0.6) is 0 Å². The third-order valence-corrected chi connectivity index (χ3v) is 19.8. The molecule has 0 bridgehead atoms. The van der Waals surface area contributed by atoms with Gasteiger partial charge in [-0.15, -0.1) is 0 Å². The van der Waals surface area contributed by atoms with Gasteiger partial charge in [-0.25, -0.2) is 0 Å². The zero-order chi connectivity index (χ0) is 107. The van der Waals surface area contributed by atoms with Crippen LogP contribution in [0.2, 0.25) is 0 Å². The number of hydrogen-bond acceptors (Lipinski definition) is 0. The predicted molar refractivity (Wildman–Crippen MR) is 647 cm³/mol. The van der Waals surface area contributed by atoms with Crippen LogP contribution >= 0.6 is 0 Å². The fourth-order valence-electron chi connectivity index (χ4n) is 13.8. The van der Waals surface area contributed by atoms with Gasteiger partial charge in [0, 0.05) is 0 Å². The van der Waals surface area contributed by atoms with Gasteiger partial charge in [-0.1, -0.05) is 729 Å². The van der Waals surface area contributed by atoms with Crippen molar-refractivity contribution in [1.82, 2.24) is 0 Å². The highest BCUT2D eigenvalue weighted by atomic mass is 14.4. The zero-order valence-electron chi connectivity index (χ0n) is 100. The van der Waals surface area contributed by atoms with Crippen molar-refractivity contribution < 1.29 is 0 Å². The molecule has 4 aliphatic carbocycles. The fourth-order valence-corrected chi connectivity index (χ4v) is 13.8. The Morgan fingerprint density at radius 1 is 0.265 bits per heavy atom. The first-order valence-corrected chi connectivity index (χ1v) is 56.7. The Labute approximate surface area is 859 Å². The van der Waals surface area contributed by atoms with Gasteiger partial charge in [-0.3, -0.25) is 0 Å². The summed E-state index contributed by atoms with van der Waals surface area (Å²) in [6.07, 6.45) is 34.9. The van der Waals surface area contributed by atoms with Crippen LogP contribution in [0.25, 0.3) is 21.9 Å². The molecule has 4 saturated carbocycles. The molecule has 1 atom stereocenters. The molecule has 0 radical (unpaired) electrons. The molecule has 0 aliphatic heterocycles. The molecule has 0 nitrogen and oxygen atoms in total. The maximum absolute atomic E-state index is 2.45. The second-order valence-electron chi connectivity index (χ2n) is 34.0. The summed E-state index contributed by atoms with van der Waals surface area (Å²) in [6, 6.07) is 100. The number of benzene rings is 10. The molecule has 0 saturated heterocycles. The van der Waals surface area contributed by atoms with Crippen molar-refractivity contribution in [2.45, 2.75) is 485 Å². The molecule has 0 heterocycles. The molecule has 0 aromatic heterocycles. The summed E-state index contributed by atoms with van der Waals surface area (Å²) < 4.78 is 0. The molecule has 4 fully saturated rings. The van der Waals surface area contributed by atoms with Gasteiger partial charge in [0.2, 0.25) is 0 Å². The van der Waals surface area contributed by atoms with E-state index < -0.39 is 0 Å². The van der Waals surface area contributed by atoms with Crippen LogP contribution in [0.15, 0.2) is 291 Å². The summed E-state index contributed by atoms with van der Waals surface area (Å²) >= 11 is 0. The van der Waals surface area contributed by atoms with Gasteiger partial charge in [0.25, 0.3) is 0 Å². The molecule has 0 N–H and O–H groups in total. The summed E-state index contributed by atoms with van der Waals surface area (Å²) in [6.45, 7) is 98.0. The standard InChI is InChI=1S/C13H24.C13H12.C12H10.C11H22.C10H8.C10H14.C8H10.C7H14.2C7H8.C5H12.C3H8.15C2H6/c2*1-3-7-12(8-4-1)11-13-9-5-2-6-10-13;1-3-7-11(8-4-1)12-9-5-2-6-10-12;1-5-11(4)8-6-7-10(2,3)9-11;1-2-6-10-8-4-3-7-9(10)5-1;1-10(2,3)9-7-5-4-6-8-9;1-2-8-6-4-3-5-7-8;3*1-7-5-3-2-4-6-7;1-5(2,3)4;1-3-2;15*1-2/h12-13H,1-11H2;1-10H,11H2;1-10H;5-9H2,1-4H3;1-8H;4-8H,1-3H3;3-7H,2H2,1H3;7H,2-6H2,1H3;2*2-6H,1H3;1-4H3;3H2,1-2H3;15*1-2H3. The van der Waals surface area contributed by atoms with E-state index in [0.29, 0.717) is 21.7 Å². The molecular weight excluding hydrogens is 1630 g/mol. The highest BCUT2D eigenvalue weighted by Gasteiger charge is 2.35. The molecule has 4 aliphatic rings. The highest BCUT2D eigenvalue weighted by Crippen LogP contribution is 2.47. The summed E-state index contributed by atoms with van der Waals surface area (Å²) in [5.74, 6) is 3.28. The Hall–Kier alpha value is -7.54. The molecule has 784 valence electrons. The van der Waals surface area contributed by atoms with E-state index in [4.69, 9.17) is 0 Å². The lowest BCUT2D eigenvalue weighted by atomic mass is 9.63. The third-order valence-electron chi connectivity index (χ3n) is 19.8. The van der Waals surface area contributed by atoms with Gasteiger partial charge in [-0.2, -0.15) is 0 Å². The van der Waals surface area contributed by atoms with E-state index in [2.05, 4.69) is 354 Å². The van der Waals surface area contributed by atoms with E-state index in [1.165, 1.54) is 164 Å². The quantitative estimate of drug-likeness (QED) is 0.149. The predicted octanol–water partition coefficient (Wildman–Crippen LogP) is 48.7. The van der Waals surface area contributed by atoms with Gasteiger partial charge in [0.15, 0.2) is 0 Å². The first-order valence-electron chi connectivity index (χ1n) is 56.7. The van der Waals surface area contributed by atoms with E-state index >= 15 is 0 Å². The van der Waals surface area contributed by atoms with Crippen LogP contribution in [0.4, 0.5) is 0 Å². The molecule has 0 amide bonds. The first-order chi connectivity index (χ1) is 65.9. The lowest BCUT2D eigenvalue weighted by molar-refractivity contribution is 0.0957. The van der Waals surface area contributed by atoms with Gasteiger partial charge >= 0.3 is 0 Å². The van der Waals surface area contributed by atoms with E-state index in [1.807, 2.05) is 262 Å². The number of hydrogen-bond donors (Lipinski definition) is 0. The topological polar surface area (TPSA) is 0 Å². The largest absolute Gasteiger partial charge is 0.0683 e. The van der Waals surface area contributed by atoms with Gasteiger partial charge < -0.3 is 0 Å². The van der Waals surface area contributed by atoms with Crippen LogP contribution in [0.1, 0.15) is 486 Å². The Balaban J connectivity index is -0.000000108. The van der Waals surface area contributed by atoms with Crippen molar-refractivity contribution in [3.63, 3.8) is 0 Å². The summed E-state index contributed by atoms with van der Waals surface area (Å²) in [5, 5.41) is 2.62. The summed E-state index contributed by atoms with van der Waals surface area (Å²) in [5.41, 5.74) is 12.8. The molecule has 136 heavy (non-hydrogen) atoms. The maximum atomic E-state index is 2.45. The summed E-state index contributed by atoms with van der Waals surface area (Å²) in [7, 11) is 0. The van der Waals surface area contributed by atoms with Crippen molar-refractivity contribution >= 4 is 10.8 Å². The van der Waals surface area contributed by atoms with Crippen molar-refractivity contribution in [1.29, 1.82) is 0 Å². The maximum Gasteiger partial charge on any atom is -0.00258 e. The summed E-state index contributed by atoms with van der Waals surface area (Å²) in [4.78, 5) is 0. The second kappa shape index (κ2) is 125. The Morgan fingerprint density at radius 2 is 0.485 bits per heavy atom. The highest BCUT2D eigenvalue weighted by molar-refractivity contribution is 5.82. The number of aryl methyl sites for hydroxylation is 3. The molecule has 10 aromatic rings. The monoisotopic (exact) mass is 1870 g/mol. The van der Waals surface area contributed by atoms with Crippen LogP contribution in [0.3, 0.4) is 0 Å². The van der Waals surface area contributed by atoms with Crippen molar-refractivity contribution in [2.75, 3.05) is 0 Å². The van der Waals surface area contributed by atoms with Crippen LogP contribution < -0.4 is 0 Å². The lowest BCUT2D eigenvalue weighted by Crippen LogP contribution is -2.30. The fraction of sp³-hybridized carbons (Fsp3) is 0.574. The zero-order valence-corrected chi connectivity index (χ0v) is 100. The van der Waals surface area contributed by atoms with E-state index in [-0.39, 0.29) is 0 Å². The lowest BCUT2D eigenvalue weighted by Gasteiger charge is -2.42. The third kappa shape index (κ3) is 108. The first kappa shape index (κ1) is 157. The van der Waals surface area contributed by atoms with E-state index in [0.717, 1.165) is 30.6 Å². The molecule has 0 spiro atoms. The van der Waals surface area contributed by atoms with Crippen LogP contribution in [0, 0.1) is 47.8 Å². The smallest absolute Gasteiger partial charge is 0.00258 e. The molecule has 1 unspecified atom stereocenters. The molecular formula is C136H240. The normalized spacial score (nSPS) is 13.0. The van der Waals surface area contributed by atoms with Crippen molar-refractivity contribution in [3.8, 4) is 11.1 Å². The molecule has 14 rings (SSSR count). The van der Waals surface area contributed by atoms with Gasteiger partial charge in [0.05, 0.1) is 0 Å². The Kier molecular flexibility index (Phi) is 144. The minimum Gasteiger partial charge on any atom is -0.0683 e.